The molecular formula is C19H26N2O5. The highest BCUT2D eigenvalue weighted by molar-refractivity contribution is 5.78. The lowest BCUT2D eigenvalue weighted by atomic mass is 10.1. The number of ether oxygens (including phenoxy) is 3. The van der Waals surface area contributed by atoms with Crippen molar-refractivity contribution in [3.63, 3.8) is 0 Å². The molecule has 0 radical (unpaired) electrons. The van der Waals surface area contributed by atoms with E-state index in [1.54, 1.807) is 12.1 Å². The molecular weight excluding hydrogens is 336 g/mol. The normalized spacial score (nSPS) is 11.4. The van der Waals surface area contributed by atoms with Crippen molar-refractivity contribution in [3.8, 4) is 11.8 Å². The average molecular weight is 362 g/mol. The van der Waals surface area contributed by atoms with Crippen LogP contribution in [0.3, 0.4) is 0 Å². The van der Waals surface area contributed by atoms with Gasteiger partial charge in [0.15, 0.2) is 0 Å². The van der Waals surface area contributed by atoms with Crippen molar-refractivity contribution in [2.75, 3.05) is 26.9 Å². The summed E-state index contributed by atoms with van der Waals surface area (Å²) in [6, 6.07) is 8.77. The zero-order chi connectivity index (χ0) is 19.5. The van der Waals surface area contributed by atoms with Crippen LogP contribution in [0.25, 0.3) is 0 Å². The van der Waals surface area contributed by atoms with Crippen molar-refractivity contribution < 1.29 is 23.8 Å². The SMILES string of the molecule is COC(=O)CN(C(=O)OCC(C)C)[C@@H](C)c1ccc(OCCC#N)cc1. The van der Waals surface area contributed by atoms with Crippen LogP contribution in [-0.2, 0) is 14.3 Å². The number of nitrogens with zero attached hydrogens (tertiary/aromatic N) is 2. The summed E-state index contributed by atoms with van der Waals surface area (Å²) in [5, 5.41) is 8.53. The van der Waals surface area contributed by atoms with Crippen molar-refractivity contribution >= 4 is 12.1 Å². The zero-order valence-corrected chi connectivity index (χ0v) is 15.7. The summed E-state index contributed by atoms with van der Waals surface area (Å²) in [5.74, 6) is 0.312. The predicted molar refractivity (Wildman–Crippen MR) is 95.5 cm³/mol. The zero-order valence-electron chi connectivity index (χ0n) is 15.7. The van der Waals surface area contributed by atoms with E-state index in [0.29, 0.717) is 18.8 Å². The van der Waals surface area contributed by atoms with Gasteiger partial charge in [0.1, 0.15) is 18.9 Å². The minimum atomic E-state index is -0.564. The fourth-order valence-corrected chi connectivity index (χ4v) is 2.12. The molecule has 1 aromatic carbocycles. The molecule has 1 rings (SSSR count). The molecule has 0 N–H and O–H groups in total. The molecule has 7 heteroatoms. The van der Waals surface area contributed by atoms with Gasteiger partial charge in [-0.1, -0.05) is 26.0 Å². The van der Waals surface area contributed by atoms with E-state index >= 15 is 0 Å². The maximum atomic E-state index is 12.4. The molecule has 0 fully saturated rings. The molecule has 0 unspecified atom stereocenters. The number of carbonyl (C=O) groups excluding carboxylic acids is 2. The van der Waals surface area contributed by atoms with Gasteiger partial charge in [0.05, 0.1) is 32.2 Å². The highest BCUT2D eigenvalue weighted by atomic mass is 16.6. The quantitative estimate of drug-likeness (QED) is 0.495. The van der Waals surface area contributed by atoms with Crippen LogP contribution in [0.2, 0.25) is 0 Å². The Balaban J connectivity index is 2.85. The molecule has 0 saturated carbocycles. The number of rotatable bonds is 9. The molecule has 0 aliphatic rings. The van der Waals surface area contributed by atoms with Crippen molar-refractivity contribution in [2.45, 2.75) is 33.2 Å². The fourth-order valence-electron chi connectivity index (χ4n) is 2.12. The van der Waals surface area contributed by atoms with Crippen molar-refractivity contribution in [3.05, 3.63) is 29.8 Å². The number of esters is 1. The molecule has 0 bridgehead atoms. The number of amides is 1. The minimum Gasteiger partial charge on any atom is -0.493 e. The maximum absolute atomic E-state index is 12.4. The summed E-state index contributed by atoms with van der Waals surface area (Å²) in [7, 11) is 1.28. The van der Waals surface area contributed by atoms with E-state index in [1.165, 1.54) is 12.0 Å². The average Bonchev–Trinajstić information content (AvgIpc) is 2.64. The Morgan fingerprint density at radius 3 is 2.38 bits per heavy atom. The molecule has 0 heterocycles. The van der Waals surface area contributed by atoms with Gasteiger partial charge in [-0.3, -0.25) is 9.69 Å². The number of nitriles is 1. The van der Waals surface area contributed by atoms with E-state index in [9.17, 15) is 9.59 Å². The van der Waals surface area contributed by atoms with E-state index < -0.39 is 12.1 Å². The Morgan fingerprint density at radius 1 is 1.19 bits per heavy atom. The van der Waals surface area contributed by atoms with Crippen LogP contribution in [0, 0.1) is 17.2 Å². The highest BCUT2D eigenvalue weighted by Crippen LogP contribution is 2.24. The van der Waals surface area contributed by atoms with Crippen molar-refractivity contribution in [2.24, 2.45) is 5.92 Å². The number of methoxy groups -OCH3 is 1. The first kappa shape index (κ1) is 21.3. The van der Waals surface area contributed by atoms with Gasteiger partial charge in [-0.25, -0.2) is 4.79 Å². The summed E-state index contributed by atoms with van der Waals surface area (Å²) in [6.45, 7) is 6.08. The summed E-state index contributed by atoms with van der Waals surface area (Å²) < 4.78 is 15.4. The van der Waals surface area contributed by atoms with Crippen LogP contribution in [0.15, 0.2) is 24.3 Å². The Labute approximate surface area is 154 Å². The lowest BCUT2D eigenvalue weighted by molar-refractivity contribution is -0.142. The second-order valence-electron chi connectivity index (χ2n) is 6.18. The molecule has 0 aliphatic heterocycles. The van der Waals surface area contributed by atoms with E-state index in [-0.39, 0.29) is 25.1 Å². The lowest BCUT2D eigenvalue weighted by Crippen LogP contribution is -2.39. The van der Waals surface area contributed by atoms with Crippen LogP contribution in [0.1, 0.15) is 38.8 Å². The second-order valence-corrected chi connectivity index (χ2v) is 6.18. The van der Waals surface area contributed by atoms with Gasteiger partial charge in [-0.2, -0.15) is 5.26 Å². The second kappa shape index (κ2) is 11.0. The first-order valence-electron chi connectivity index (χ1n) is 8.49. The molecule has 1 aromatic rings. The lowest BCUT2D eigenvalue weighted by Gasteiger charge is -2.28. The Morgan fingerprint density at radius 2 is 1.85 bits per heavy atom. The fraction of sp³-hybridized carbons (Fsp3) is 0.526. The highest BCUT2D eigenvalue weighted by Gasteiger charge is 2.26. The van der Waals surface area contributed by atoms with E-state index in [0.717, 1.165) is 5.56 Å². The smallest absolute Gasteiger partial charge is 0.410 e. The minimum absolute atomic E-state index is 0.194. The largest absolute Gasteiger partial charge is 0.493 e. The summed E-state index contributed by atoms with van der Waals surface area (Å²) in [5.41, 5.74) is 0.822. The van der Waals surface area contributed by atoms with Gasteiger partial charge in [-0.15, -0.1) is 0 Å². The number of benzene rings is 1. The van der Waals surface area contributed by atoms with Crippen LogP contribution in [0.5, 0.6) is 5.75 Å². The van der Waals surface area contributed by atoms with Crippen LogP contribution >= 0.6 is 0 Å². The van der Waals surface area contributed by atoms with Gasteiger partial charge in [0.2, 0.25) is 0 Å². The third-order valence-electron chi connectivity index (χ3n) is 3.61. The number of hydrogen-bond donors (Lipinski definition) is 0. The van der Waals surface area contributed by atoms with E-state index in [4.69, 9.17) is 14.7 Å². The van der Waals surface area contributed by atoms with Crippen LogP contribution < -0.4 is 4.74 Å². The van der Waals surface area contributed by atoms with Crippen LogP contribution in [-0.4, -0.2) is 43.8 Å². The molecule has 0 spiro atoms. The molecule has 0 aliphatic carbocycles. The number of hydrogen-bond acceptors (Lipinski definition) is 6. The molecule has 7 nitrogen and oxygen atoms in total. The van der Waals surface area contributed by atoms with Crippen LogP contribution in [0.4, 0.5) is 4.79 Å². The summed E-state index contributed by atoms with van der Waals surface area (Å²) in [4.78, 5) is 25.4. The maximum Gasteiger partial charge on any atom is 0.410 e. The molecule has 0 saturated heterocycles. The first-order chi connectivity index (χ1) is 12.4. The van der Waals surface area contributed by atoms with Crippen molar-refractivity contribution in [1.82, 2.24) is 4.90 Å². The van der Waals surface area contributed by atoms with Gasteiger partial charge < -0.3 is 14.2 Å². The summed E-state index contributed by atoms with van der Waals surface area (Å²) >= 11 is 0. The van der Waals surface area contributed by atoms with Gasteiger partial charge >= 0.3 is 12.1 Å². The van der Waals surface area contributed by atoms with Gasteiger partial charge in [-0.05, 0) is 30.5 Å². The Kier molecular flexibility index (Phi) is 8.99. The van der Waals surface area contributed by atoms with Gasteiger partial charge in [0.25, 0.3) is 0 Å². The van der Waals surface area contributed by atoms with E-state index in [1.807, 2.05) is 39.0 Å². The standard InChI is InChI=1S/C19H26N2O5/c1-14(2)13-26-19(23)21(12-18(22)24-4)15(3)16-6-8-17(9-7-16)25-11-5-10-20/h6-9,14-15H,5,11-13H2,1-4H3/t15-/m0/s1. The molecule has 1 atom stereocenters. The molecule has 0 aromatic heterocycles. The van der Waals surface area contributed by atoms with Crippen molar-refractivity contribution in [1.29, 1.82) is 5.26 Å². The third kappa shape index (κ3) is 7.01. The first-order valence-corrected chi connectivity index (χ1v) is 8.49. The monoisotopic (exact) mass is 362 g/mol. The van der Waals surface area contributed by atoms with Gasteiger partial charge in [0, 0.05) is 0 Å². The summed E-state index contributed by atoms with van der Waals surface area (Å²) in [6.07, 6.45) is -0.252. The Bertz CT molecular complexity index is 622. The van der Waals surface area contributed by atoms with E-state index in [2.05, 4.69) is 4.74 Å². The molecule has 26 heavy (non-hydrogen) atoms. The Hall–Kier alpha value is -2.75. The third-order valence-corrected chi connectivity index (χ3v) is 3.61. The predicted octanol–water partition coefficient (Wildman–Crippen LogP) is 3.31. The topological polar surface area (TPSA) is 88.9 Å². The number of carbonyl (C=O) groups is 2. The molecule has 1 amide bonds. The molecule has 142 valence electrons.